The zero-order chi connectivity index (χ0) is 17.8. The van der Waals surface area contributed by atoms with E-state index in [1.165, 1.54) is 0 Å². The Morgan fingerprint density at radius 3 is 2.40 bits per heavy atom. The lowest BCUT2D eigenvalue weighted by atomic mass is 10.2. The number of halogens is 1. The Morgan fingerprint density at radius 2 is 1.80 bits per heavy atom. The number of benzene rings is 2. The minimum atomic E-state index is -0.297. The van der Waals surface area contributed by atoms with Gasteiger partial charge in [0, 0.05) is 11.4 Å². The van der Waals surface area contributed by atoms with Crippen molar-refractivity contribution < 1.29 is 14.3 Å². The zero-order valence-corrected chi connectivity index (χ0v) is 15.3. The molecule has 0 atom stereocenters. The molecular weight excluding hydrogens is 386 g/mol. The zero-order valence-electron chi connectivity index (χ0n) is 13.7. The number of H-pyrrole nitrogens is 1. The van der Waals surface area contributed by atoms with E-state index >= 15 is 0 Å². The molecule has 1 heterocycles. The molecule has 2 aromatic carbocycles. The highest BCUT2D eigenvalue weighted by molar-refractivity contribution is 9.10. The number of amides is 1. The van der Waals surface area contributed by atoms with Crippen LogP contribution in [0.1, 0.15) is 16.2 Å². The summed E-state index contributed by atoms with van der Waals surface area (Å²) in [5.74, 6) is 1.62. The van der Waals surface area contributed by atoms with Crippen LogP contribution in [0, 0.1) is 6.92 Å². The Bertz CT molecular complexity index is 891. The van der Waals surface area contributed by atoms with Crippen molar-refractivity contribution in [2.75, 3.05) is 12.4 Å². The molecule has 0 bridgehead atoms. The van der Waals surface area contributed by atoms with Gasteiger partial charge in [0.2, 0.25) is 0 Å². The number of ether oxygens (including phenoxy) is 2. The number of hydrogen-bond acceptors (Lipinski definition) is 4. The Balaban J connectivity index is 1.70. The second-order valence-electron chi connectivity index (χ2n) is 5.24. The van der Waals surface area contributed by atoms with Gasteiger partial charge in [0.15, 0.2) is 17.2 Å². The van der Waals surface area contributed by atoms with E-state index in [0.717, 1.165) is 5.69 Å². The molecule has 0 aliphatic heterocycles. The van der Waals surface area contributed by atoms with Gasteiger partial charge in [-0.2, -0.15) is 5.10 Å². The molecule has 0 aliphatic rings. The third-order valence-corrected chi connectivity index (χ3v) is 4.47. The van der Waals surface area contributed by atoms with Crippen LogP contribution in [-0.2, 0) is 0 Å². The minimum absolute atomic E-state index is 0.297. The molecule has 0 radical (unpaired) electrons. The predicted octanol–water partition coefficient (Wildman–Crippen LogP) is 4.53. The summed E-state index contributed by atoms with van der Waals surface area (Å²) >= 11 is 3.34. The first-order chi connectivity index (χ1) is 12.1. The van der Waals surface area contributed by atoms with Gasteiger partial charge in [-0.05, 0) is 59.3 Å². The summed E-state index contributed by atoms with van der Waals surface area (Å²) < 4.78 is 11.7. The molecule has 128 valence electrons. The molecule has 7 heteroatoms. The first-order valence-electron chi connectivity index (χ1n) is 7.51. The number of nitrogens with one attached hydrogen (secondary N) is 2. The van der Waals surface area contributed by atoms with Gasteiger partial charge in [0.1, 0.15) is 5.75 Å². The molecule has 2 N–H and O–H groups in total. The fourth-order valence-electron chi connectivity index (χ4n) is 2.19. The Hall–Kier alpha value is -2.80. The third-order valence-electron chi connectivity index (χ3n) is 3.50. The van der Waals surface area contributed by atoms with Crippen LogP contribution in [0.3, 0.4) is 0 Å². The minimum Gasteiger partial charge on any atom is -0.493 e. The standard InChI is InChI=1S/C18H16BrN3O3/c1-11-16(19)17(22-21-11)18(23)20-12-7-9-13(10-8-12)25-15-6-4-3-5-14(15)24-2/h3-10H,1-2H3,(H,20,23)(H,21,22). The molecule has 0 saturated carbocycles. The number of carbonyl (C=O) groups is 1. The van der Waals surface area contributed by atoms with Crippen molar-refractivity contribution >= 4 is 27.5 Å². The van der Waals surface area contributed by atoms with E-state index in [9.17, 15) is 4.79 Å². The van der Waals surface area contributed by atoms with Crippen LogP contribution in [0.5, 0.6) is 17.2 Å². The van der Waals surface area contributed by atoms with E-state index in [0.29, 0.717) is 33.1 Å². The molecule has 1 aromatic heterocycles. The van der Waals surface area contributed by atoms with Gasteiger partial charge in [-0.1, -0.05) is 12.1 Å². The fraction of sp³-hybridized carbons (Fsp3) is 0.111. The third kappa shape index (κ3) is 3.83. The van der Waals surface area contributed by atoms with Gasteiger partial charge in [-0.25, -0.2) is 0 Å². The van der Waals surface area contributed by atoms with E-state index in [-0.39, 0.29) is 5.91 Å². The summed E-state index contributed by atoms with van der Waals surface area (Å²) in [6.45, 7) is 1.83. The van der Waals surface area contributed by atoms with Crippen LogP contribution in [0.2, 0.25) is 0 Å². The SMILES string of the molecule is COc1ccccc1Oc1ccc(NC(=O)c2n[nH]c(C)c2Br)cc1. The second kappa shape index (κ2) is 7.40. The molecule has 3 aromatic rings. The van der Waals surface area contributed by atoms with Crippen LogP contribution < -0.4 is 14.8 Å². The van der Waals surface area contributed by atoms with E-state index in [2.05, 4.69) is 31.4 Å². The highest BCUT2D eigenvalue weighted by Crippen LogP contribution is 2.31. The molecule has 6 nitrogen and oxygen atoms in total. The van der Waals surface area contributed by atoms with Crippen molar-refractivity contribution in [2.24, 2.45) is 0 Å². The summed E-state index contributed by atoms with van der Waals surface area (Å²) in [6, 6.07) is 14.5. The summed E-state index contributed by atoms with van der Waals surface area (Å²) in [5, 5.41) is 9.54. The van der Waals surface area contributed by atoms with Gasteiger partial charge in [0.05, 0.1) is 11.6 Å². The monoisotopic (exact) mass is 401 g/mol. The summed E-state index contributed by atoms with van der Waals surface area (Å²) in [4.78, 5) is 12.2. The number of para-hydroxylation sites is 2. The number of methoxy groups -OCH3 is 1. The first-order valence-corrected chi connectivity index (χ1v) is 8.30. The normalized spacial score (nSPS) is 10.4. The maximum atomic E-state index is 12.2. The molecule has 1 amide bonds. The van der Waals surface area contributed by atoms with E-state index < -0.39 is 0 Å². The number of carbonyl (C=O) groups excluding carboxylic acids is 1. The number of aromatic nitrogens is 2. The lowest BCUT2D eigenvalue weighted by Gasteiger charge is -2.10. The summed E-state index contributed by atoms with van der Waals surface area (Å²) in [5.41, 5.74) is 1.75. The smallest absolute Gasteiger partial charge is 0.277 e. The highest BCUT2D eigenvalue weighted by Gasteiger charge is 2.15. The molecule has 3 rings (SSSR count). The van der Waals surface area contributed by atoms with Gasteiger partial charge < -0.3 is 14.8 Å². The Morgan fingerprint density at radius 1 is 1.12 bits per heavy atom. The average Bonchev–Trinajstić information content (AvgIpc) is 2.96. The van der Waals surface area contributed by atoms with Gasteiger partial charge >= 0.3 is 0 Å². The summed E-state index contributed by atoms with van der Waals surface area (Å²) in [7, 11) is 1.59. The topological polar surface area (TPSA) is 76.2 Å². The number of aryl methyl sites for hydroxylation is 1. The van der Waals surface area contributed by atoms with Crippen molar-refractivity contribution in [3.63, 3.8) is 0 Å². The highest BCUT2D eigenvalue weighted by atomic mass is 79.9. The molecule has 0 spiro atoms. The van der Waals surface area contributed by atoms with Crippen LogP contribution >= 0.6 is 15.9 Å². The maximum Gasteiger partial charge on any atom is 0.277 e. The van der Waals surface area contributed by atoms with Crippen molar-refractivity contribution in [3.8, 4) is 17.2 Å². The van der Waals surface area contributed by atoms with Crippen LogP contribution in [-0.4, -0.2) is 23.2 Å². The molecule has 25 heavy (non-hydrogen) atoms. The van der Waals surface area contributed by atoms with Gasteiger partial charge in [-0.15, -0.1) is 0 Å². The van der Waals surface area contributed by atoms with Crippen molar-refractivity contribution in [1.82, 2.24) is 10.2 Å². The molecular formula is C18H16BrN3O3. The van der Waals surface area contributed by atoms with Crippen molar-refractivity contribution in [1.29, 1.82) is 0 Å². The number of anilines is 1. The largest absolute Gasteiger partial charge is 0.493 e. The second-order valence-corrected chi connectivity index (χ2v) is 6.04. The molecule has 0 unspecified atom stereocenters. The fourth-order valence-corrected chi connectivity index (χ4v) is 2.55. The number of aromatic amines is 1. The van der Waals surface area contributed by atoms with E-state index in [1.807, 2.05) is 31.2 Å². The van der Waals surface area contributed by atoms with Crippen molar-refractivity contribution in [2.45, 2.75) is 6.92 Å². The number of nitrogens with zero attached hydrogens (tertiary/aromatic N) is 1. The average molecular weight is 402 g/mol. The number of rotatable bonds is 5. The van der Waals surface area contributed by atoms with Crippen LogP contribution in [0.15, 0.2) is 53.0 Å². The van der Waals surface area contributed by atoms with E-state index in [4.69, 9.17) is 9.47 Å². The first kappa shape index (κ1) is 17.0. The Kier molecular flexibility index (Phi) is 5.04. The van der Waals surface area contributed by atoms with Crippen LogP contribution in [0.4, 0.5) is 5.69 Å². The molecule has 0 saturated heterocycles. The lowest BCUT2D eigenvalue weighted by Crippen LogP contribution is -2.12. The predicted molar refractivity (Wildman–Crippen MR) is 98.5 cm³/mol. The van der Waals surface area contributed by atoms with E-state index in [1.54, 1.807) is 31.4 Å². The lowest BCUT2D eigenvalue weighted by molar-refractivity contribution is 0.102. The van der Waals surface area contributed by atoms with Crippen LogP contribution in [0.25, 0.3) is 0 Å². The van der Waals surface area contributed by atoms with Crippen molar-refractivity contribution in [3.05, 3.63) is 64.4 Å². The molecule has 0 aliphatic carbocycles. The quantitative estimate of drug-likeness (QED) is 0.657. The van der Waals surface area contributed by atoms with Gasteiger partial charge in [-0.3, -0.25) is 9.89 Å². The Labute approximate surface area is 153 Å². The maximum absolute atomic E-state index is 12.2. The summed E-state index contributed by atoms with van der Waals surface area (Å²) in [6.07, 6.45) is 0. The van der Waals surface area contributed by atoms with Gasteiger partial charge in [0.25, 0.3) is 5.91 Å². The molecule has 0 fully saturated rings. The number of hydrogen-bond donors (Lipinski definition) is 2.